The number of hydrogen-bond donors (Lipinski definition) is 1. The molecule has 0 aliphatic heterocycles. The van der Waals surface area contributed by atoms with Gasteiger partial charge in [-0.3, -0.25) is 4.79 Å². The van der Waals surface area contributed by atoms with Gasteiger partial charge in [-0.25, -0.2) is 0 Å². The first kappa shape index (κ1) is 14.0. The number of rotatable bonds is 5. The van der Waals surface area contributed by atoms with E-state index >= 15 is 0 Å². The average molecular weight is 275 g/mol. The highest BCUT2D eigenvalue weighted by Gasteiger charge is 2.12. The number of methoxy groups -OCH3 is 1. The largest absolute Gasteiger partial charge is 0.469 e. The van der Waals surface area contributed by atoms with Crippen LogP contribution < -0.4 is 5.32 Å². The van der Waals surface area contributed by atoms with Gasteiger partial charge in [0.15, 0.2) is 0 Å². The molecule has 0 saturated heterocycles. The molecular formula is C14H17N3O3. The first-order chi connectivity index (χ1) is 9.58. The Morgan fingerprint density at radius 2 is 2.25 bits per heavy atom. The molecule has 0 bridgehead atoms. The van der Waals surface area contributed by atoms with E-state index in [0.29, 0.717) is 11.8 Å². The zero-order valence-electron chi connectivity index (χ0n) is 11.7. The van der Waals surface area contributed by atoms with E-state index in [2.05, 4.69) is 20.3 Å². The van der Waals surface area contributed by atoms with Crippen LogP contribution in [-0.2, 0) is 16.0 Å². The van der Waals surface area contributed by atoms with Gasteiger partial charge in [0, 0.05) is 12.6 Å². The number of ether oxygens (including phenoxy) is 1. The molecule has 0 amide bonds. The van der Waals surface area contributed by atoms with Crippen LogP contribution in [0.1, 0.15) is 30.3 Å². The van der Waals surface area contributed by atoms with Crippen LogP contribution in [0.2, 0.25) is 0 Å². The molecule has 1 heterocycles. The molecule has 0 aliphatic carbocycles. The van der Waals surface area contributed by atoms with Crippen LogP contribution in [0.3, 0.4) is 0 Å². The number of aryl methyl sites for hydroxylation is 1. The number of anilines is 1. The summed E-state index contributed by atoms with van der Waals surface area (Å²) in [6.45, 7) is 3.68. The molecule has 20 heavy (non-hydrogen) atoms. The predicted octanol–water partition coefficient (Wildman–Crippen LogP) is 2.27. The second-order valence-corrected chi connectivity index (χ2v) is 4.48. The summed E-state index contributed by atoms with van der Waals surface area (Å²) in [5, 5.41) is 11.0. The normalized spacial score (nSPS) is 11.9. The van der Waals surface area contributed by atoms with Crippen molar-refractivity contribution in [2.75, 3.05) is 12.4 Å². The smallest absolute Gasteiger partial charge is 0.309 e. The zero-order chi connectivity index (χ0) is 14.5. The molecule has 0 aliphatic rings. The molecule has 106 valence electrons. The van der Waals surface area contributed by atoms with Crippen LogP contribution in [0.15, 0.2) is 28.7 Å². The van der Waals surface area contributed by atoms with Crippen molar-refractivity contribution < 1.29 is 13.9 Å². The number of esters is 1. The molecule has 1 atom stereocenters. The van der Waals surface area contributed by atoms with Crippen LogP contribution in [0.4, 0.5) is 5.69 Å². The van der Waals surface area contributed by atoms with Crippen molar-refractivity contribution in [3.8, 4) is 0 Å². The Morgan fingerprint density at radius 3 is 2.90 bits per heavy atom. The molecular weight excluding hydrogens is 258 g/mol. The standard InChI is InChI=1S/C14H17N3O3/c1-9(14-17-16-10(2)20-14)15-12-6-4-5-11(7-12)8-13(18)19-3/h4-7,9,15H,8H2,1-3H3. The minimum absolute atomic E-state index is 0.107. The number of carbonyl (C=O) groups is 1. The number of hydrogen-bond acceptors (Lipinski definition) is 6. The molecule has 1 aromatic heterocycles. The summed E-state index contributed by atoms with van der Waals surface area (Å²) in [7, 11) is 1.38. The molecule has 0 spiro atoms. The average Bonchev–Trinajstić information content (AvgIpc) is 2.86. The molecule has 1 N–H and O–H groups in total. The number of aromatic nitrogens is 2. The Balaban J connectivity index is 2.05. The topological polar surface area (TPSA) is 77.2 Å². The second-order valence-electron chi connectivity index (χ2n) is 4.48. The van der Waals surface area contributed by atoms with Gasteiger partial charge in [0.1, 0.15) is 6.04 Å². The van der Waals surface area contributed by atoms with Gasteiger partial charge in [0.2, 0.25) is 11.8 Å². The summed E-state index contributed by atoms with van der Waals surface area (Å²) < 4.78 is 10.0. The van der Waals surface area contributed by atoms with Crippen molar-refractivity contribution in [3.05, 3.63) is 41.6 Å². The SMILES string of the molecule is COC(=O)Cc1cccc(NC(C)c2nnc(C)o2)c1. The Bertz CT molecular complexity index is 595. The van der Waals surface area contributed by atoms with Crippen molar-refractivity contribution in [1.82, 2.24) is 10.2 Å². The van der Waals surface area contributed by atoms with Crippen molar-refractivity contribution in [1.29, 1.82) is 0 Å². The van der Waals surface area contributed by atoms with Crippen molar-refractivity contribution in [2.24, 2.45) is 0 Å². The molecule has 1 unspecified atom stereocenters. The molecule has 0 radical (unpaired) electrons. The highest BCUT2D eigenvalue weighted by atomic mass is 16.5. The lowest BCUT2D eigenvalue weighted by atomic mass is 10.1. The summed E-state index contributed by atoms with van der Waals surface area (Å²) >= 11 is 0. The fraction of sp³-hybridized carbons (Fsp3) is 0.357. The molecule has 0 saturated carbocycles. The quantitative estimate of drug-likeness (QED) is 0.843. The van der Waals surface area contributed by atoms with Crippen LogP contribution in [0.25, 0.3) is 0 Å². The Labute approximate surface area is 117 Å². The summed E-state index contributed by atoms with van der Waals surface area (Å²) in [5.41, 5.74) is 1.77. The summed E-state index contributed by atoms with van der Waals surface area (Å²) in [6.07, 6.45) is 0.250. The fourth-order valence-electron chi connectivity index (χ4n) is 1.81. The van der Waals surface area contributed by atoms with Crippen LogP contribution in [-0.4, -0.2) is 23.3 Å². The highest BCUT2D eigenvalue weighted by Crippen LogP contribution is 2.19. The third kappa shape index (κ3) is 3.57. The molecule has 0 fully saturated rings. The van der Waals surface area contributed by atoms with E-state index < -0.39 is 0 Å². The number of benzene rings is 1. The van der Waals surface area contributed by atoms with Crippen LogP contribution in [0.5, 0.6) is 0 Å². The minimum atomic E-state index is -0.261. The highest BCUT2D eigenvalue weighted by molar-refractivity contribution is 5.72. The van der Waals surface area contributed by atoms with E-state index in [9.17, 15) is 4.79 Å². The monoisotopic (exact) mass is 275 g/mol. The lowest BCUT2D eigenvalue weighted by molar-refractivity contribution is -0.139. The van der Waals surface area contributed by atoms with Gasteiger partial charge in [-0.05, 0) is 24.6 Å². The number of nitrogens with zero attached hydrogens (tertiary/aromatic N) is 2. The van der Waals surface area contributed by atoms with E-state index in [1.54, 1.807) is 6.92 Å². The summed E-state index contributed by atoms with van der Waals surface area (Å²) in [6, 6.07) is 7.47. The maximum absolute atomic E-state index is 11.3. The fourth-order valence-corrected chi connectivity index (χ4v) is 1.81. The number of carbonyl (C=O) groups excluding carboxylic acids is 1. The van der Waals surface area contributed by atoms with Gasteiger partial charge >= 0.3 is 5.97 Å². The maximum Gasteiger partial charge on any atom is 0.309 e. The Kier molecular flexibility index (Phi) is 4.34. The van der Waals surface area contributed by atoms with Gasteiger partial charge in [-0.15, -0.1) is 10.2 Å². The van der Waals surface area contributed by atoms with Crippen molar-refractivity contribution in [2.45, 2.75) is 26.3 Å². The molecule has 2 rings (SSSR count). The Hall–Kier alpha value is -2.37. The minimum Gasteiger partial charge on any atom is -0.469 e. The van der Waals surface area contributed by atoms with E-state index in [1.165, 1.54) is 7.11 Å². The van der Waals surface area contributed by atoms with Gasteiger partial charge in [-0.2, -0.15) is 0 Å². The van der Waals surface area contributed by atoms with Gasteiger partial charge in [0.05, 0.1) is 13.5 Å². The lowest BCUT2D eigenvalue weighted by Gasteiger charge is -2.12. The predicted molar refractivity (Wildman–Crippen MR) is 73.2 cm³/mol. The van der Waals surface area contributed by atoms with Crippen molar-refractivity contribution in [3.63, 3.8) is 0 Å². The van der Waals surface area contributed by atoms with Crippen LogP contribution >= 0.6 is 0 Å². The zero-order valence-corrected chi connectivity index (χ0v) is 11.7. The third-order valence-electron chi connectivity index (χ3n) is 2.80. The van der Waals surface area contributed by atoms with Crippen LogP contribution in [0, 0.1) is 6.92 Å². The van der Waals surface area contributed by atoms with Gasteiger partial charge < -0.3 is 14.5 Å². The lowest BCUT2D eigenvalue weighted by Crippen LogP contribution is -2.08. The van der Waals surface area contributed by atoms with Gasteiger partial charge in [0.25, 0.3) is 0 Å². The second kappa shape index (κ2) is 6.18. The number of nitrogens with one attached hydrogen (secondary N) is 1. The molecule has 6 nitrogen and oxygen atoms in total. The van der Waals surface area contributed by atoms with Gasteiger partial charge in [-0.1, -0.05) is 12.1 Å². The van der Waals surface area contributed by atoms with E-state index in [4.69, 9.17) is 4.42 Å². The van der Waals surface area contributed by atoms with Crippen molar-refractivity contribution >= 4 is 11.7 Å². The Morgan fingerprint density at radius 1 is 1.45 bits per heavy atom. The first-order valence-corrected chi connectivity index (χ1v) is 6.31. The third-order valence-corrected chi connectivity index (χ3v) is 2.80. The summed E-state index contributed by atoms with van der Waals surface area (Å²) in [4.78, 5) is 11.3. The molecule has 1 aromatic carbocycles. The maximum atomic E-state index is 11.3. The summed E-state index contributed by atoms with van der Waals surface area (Å²) in [5.74, 6) is 0.802. The van der Waals surface area contributed by atoms with E-state index in [1.807, 2.05) is 31.2 Å². The van der Waals surface area contributed by atoms with E-state index in [-0.39, 0.29) is 18.4 Å². The van der Waals surface area contributed by atoms with E-state index in [0.717, 1.165) is 11.3 Å². The molecule has 2 aromatic rings. The first-order valence-electron chi connectivity index (χ1n) is 6.31. The molecule has 6 heteroatoms.